The van der Waals surface area contributed by atoms with Crippen LogP contribution in [0.2, 0.25) is 0 Å². The van der Waals surface area contributed by atoms with Crippen molar-refractivity contribution < 1.29 is 13.9 Å². The molecular formula is C15H18F2N2O. The highest BCUT2D eigenvalue weighted by atomic mass is 19.1. The van der Waals surface area contributed by atoms with Gasteiger partial charge in [-0.2, -0.15) is 5.10 Å². The van der Waals surface area contributed by atoms with E-state index in [1.165, 1.54) is 12.1 Å². The van der Waals surface area contributed by atoms with Crippen LogP contribution in [0.15, 0.2) is 30.5 Å². The minimum atomic E-state index is -0.716. The van der Waals surface area contributed by atoms with Crippen molar-refractivity contribution in [3.05, 3.63) is 53.4 Å². The standard InChI is InChI=1S/C15H18F2N2O/c1-10(2)19-4-3-14(18-19)9-15(20)7-11-5-12(16)8-13(17)6-11/h3-6,8,10,15,20H,7,9H2,1-2H3. The van der Waals surface area contributed by atoms with Crippen LogP contribution in [0.5, 0.6) is 0 Å². The molecule has 0 saturated heterocycles. The van der Waals surface area contributed by atoms with Crippen molar-refractivity contribution in [2.24, 2.45) is 0 Å². The topological polar surface area (TPSA) is 38.0 Å². The number of hydrogen-bond acceptors (Lipinski definition) is 2. The van der Waals surface area contributed by atoms with Crippen LogP contribution in [0.4, 0.5) is 8.78 Å². The second kappa shape index (κ2) is 6.13. The van der Waals surface area contributed by atoms with Gasteiger partial charge >= 0.3 is 0 Å². The van der Waals surface area contributed by atoms with E-state index in [1.807, 2.05) is 30.8 Å². The molecule has 0 aliphatic carbocycles. The Morgan fingerprint density at radius 2 is 1.80 bits per heavy atom. The zero-order valence-corrected chi connectivity index (χ0v) is 11.6. The summed E-state index contributed by atoms with van der Waals surface area (Å²) in [5, 5.41) is 14.3. The molecule has 0 saturated carbocycles. The number of aliphatic hydroxyl groups excluding tert-OH is 1. The number of hydrogen-bond donors (Lipinski definition) is 1. The van der Waals surface area contributed by atoms with E-state index in [2.05, 4.69) is 5.10 Å². The number of nitrogens with zero attached hydrogens (tertiary/aromatic N) is 2. The Bertz CT molecular complexity index is 561. The van der Waals surface area contributed by atoms with Crippen molar-refractivity contribution in [3.8, 4) is 0 Å². The van der Waals surface area contributed by atoms with E-state index < -0.39 is 17.7 Å². The Balaban J connectivity index is 1.99. The predicted octanol–water partition coefficient (Wildman–Crippen LogP) is 2.89. The molecule has 2 aromatic rings. The van der Waals surface area contributed by atoms with E-state index in [4.69, 9.17) is 0 Å². The zero-order chi connectivity index (χ0) is 14.7. The maximum absolute atomic E-state index is 13.1. The van der Waals surface area contributed by atoms with Gasteiger partial charge in [-0.15, -0.1) is 0 Å². The maximum Gasteiger partial charge on any atom is 0.126 e. The first-order valence-corrected chi connectivity index (χ1v) is 6.61. The van der Waals surface area contributed by atoms with E-state index in [9.17, 15) is 13.9 Å². The van der Waals surface area contributed by atoms with Crippen molar-refractivity contribution in [2.75, 3.05) is 0 Å². The average Bonchev–Trinajstić information content (AvgIpc) is 2.75. The van der Waals surface area contributed by atoms with Crippen LogP contribution in [-0.4, -0.2) is 21.0 Å². The summed E-state index contributed by atoms with van der Waals surface area (Å²) in [6.07, 6.45) is 1.70. The van der Waals surface area contributed by atoms with E-state index in [-0.39, 0.29) is 12.5 Å². The summed E-state index contributed by atoms with van der Waals surface area (Å²) < 4.78 is 27.9. The largest absolute Gasteiger partial charge is 0.392 e. The van der Waals surface area contributed by atoms with Gasteiger partial charge in [-0.05, 0) is 44.0 Å². The highest BCUT2D eigenvalue weighted by molar-refractivity contribution is 5.19. The van der Waals surface area contributed by atoms with Crippen molar-refractivity contribution in [3.63, 3.8) is 0 Å². The molecule has 1 aromatic carbocycles. The lowest BCUT2D eigenvalue weighted by atomic mass is 10.0. The molecule has 3 nitrogen and oxygen atoms in total. The molecule has 0 aliphatic rings. The van der Waals surface area contributed by atoms with Gasteiger partial charge in [0.2, 0.25) is 0 Å². The Morgan fingerprint density at radius 1 is 1.15 bits per heavy atom. The highest BCUT2D eigenvalue weighted by Gasteiger charge is 2.11. The highest BCUT2D eigenvalue weighted by Crippen LogP contribution is 2.13. The summed E-state index contributed by atoms with van der Waals surface area (Å²) in [5.74, 6) is -1.26. The molecule has 1 atom stereocenters. The lowest BCUT2D eigenvalue weighted by molar-refractivity contribution is 0.173. The Morgan fingerprint density at radius 3 is 2.35 bits per heavy atom. The molecular weight excluding hydrogens is 262 g/mol. The molecule has 1 heterocycles. The minimum absolute atomic E-state index is 0.198. The van der Waals surface area contributed by atoms with Gasteiger partial charge in [0.1, 0.15) is 11.6 Å². The lowest BCUT2D eigenvalue weighted by Gasteiger charge is -2.10. The number of benzene rings is 1. The van der Waals surface area contributed by atoms with Crippen LogP contribution in [0, 0.1) is 11.6 Å². The average molecular weight is 280 g/mol. The van der Waals surface area contributed by atoms with Crippen LogP contribution < -0.4 is 0 Å². The fourth-order valence-electron chi connectivity index (χ4n) is 2.09. The number of aromatic nitrogens is 2. The molecule has 0 fully saturated rings. The molecule has 1 unspecified atom stereocenters. The summed E-state index contributed by atoms with van der Waals surface area (Å²) in [4.78, 5) is 0. The predicted molar refractivity (Wildman–Crippen MR) is 72.4 cm³/mol. The second-order valence-corrected chi connectivity index (χ2v) is 5.22. The SMILES string of the molecule is CC(C)n1ccc(CC(O)Cc2cc(F)cc(F)c2)n1. The molecule has 0 bridgehead atoms. The molecule has 1 N–H and O–H groups in total. The summed E-state index contributed by atoms with van der Waals surface area (Å²) in [5.41, 5.74) is 1.21. The van der Waals surface area contributed by atoms with Crippen molar-refractivity contribution in [2.45, 2.75) is 38.8 Å². The van der Waals surface area contributed by atoms with Gasteiger partial charge in [0.25, 0.3) is 0 Å². The molecule has 108 valence electrons. The van der Waals surface area contributed by atoms with Crippen molar-refractivity contribution >= 4 is 0 Å². The summed E-state index contributed by atoms with van der Waals surface area (Å²) >= 11 is 0. The van der Waals surface area contributed by atoms with Crippen LogP contribution in [-0.2, 0) is 12.8 Å². The minimum Gasteiger partial charge on any atom is -0.392 e. The number of halogens is 2. The third-order valence-electron chi connectivity index (χ3n) is 3.03. The summed E-state index contributed by atoms with van der Waals surface area (Å²) in [6, 6.07) is 5.39. The van der Waals surface area contributed by atoms with E-state index in [0.29, 0.717) is 12.0 Å². The van der Waals surface area contributed by atoms with Crippen molar-refractivity contribution in [1.29, 1.82) is 0 Å². The second-order valence-electron chi connectivity index (χ2n) is 5.22. The van der Waals surface area contributed by atoms with Gasteiger partial charge in [0, 0.05) is 24.7 Å². The fourth-order valence-corrected chi connectivity index (χ4v) is 2.09. The van der Waals surface area contributed by atoms with Crippen molar-refractivity contribution in [1.82, 2.24) is 9.78 Å². The Kier molecular flexibility index (Phi) is 4.49. The van der Waals surface area contributed by atoms with Gasteiger partial charge in [0.05, 0.1) is 11.8 Å². The number of rotatable bonds is 5. The summed E-state index contributed by atoms with van der Waals surface area (Å²) in [6.45, 7) is 4.03. The molecule has 20 heavy (non-hydrogen) atoms. The quantitative estimate of drug-likeness (QED) is 0.914. The maximum atomic E-state index is 13.1. The molecule has 0 radical (unpaired) electrons. The molecule has 0 spiro atoms. The Labute approximate surface area is 116 Å². The first-order chi connectivity index (χ1) is 9.44. The smallest absolute Gasteiger partial charge is 0.126 e. The van der Waals surface area contributed by atoms with Gasteiger partial charge in [-0.3, -0.25) is 4.68 Å². The monoisotopic (exact) mass is 280 g/mol. The van der Waals surface area contributed by atoms with Gasteiger partial charge in [0.15, 0.2) is 0 Å². The van der Waals surface area contributed by atoms with Gasteiger partial charge in [-0.1, -0.05) is 0 Å². The van der Waals surface area contributed by atoms with Crippen LogP contribution >= 0.6 is 0 Å². The third kappa shape index (κ3) is 3.87. The number of aliphatic hydroxyl groups is 1. The van der Waals surface area contributed by atoms with E-state index >= 15 is 0 Å². The molecule has 1 aromatic heterocycles. The van der Waals surface area contributed by atoms with Crippen LogP contribution in [0.3, 0.4) is 0 Å². The summed E-state index contributed by atoms with van der Waals surface area (Å²) in [7, 11) is 0. The molecule has 2 rings (SSSR count). The van der Waals surface area contributed by atoms with Gasteiger partial charge < -0.3 is 5.11 Å². The van der Waals surface area contributed by atoms with Crippen LogP contribution in [0.25, 0.3) is 0 Å². The lowest BCUT2D eigenvalue weighted by Crippen LogP contribution is -2.15. The third-order valence-corrected chi connectivity index (χ3v) is 3.03. The van der Waals surface area contributed by atoms with Crippen LogP contribution in [0.1, 0.15) is 31.1 Å². The fraction of sp³-hybridized carbons (Fsp3) is 0.400. The Hall–Kier alpha value is -1.75. The zero-order valence-electron chi connectivity index (χ0n) is 11.6. The molecule has 5 heteroatoms. The van der Waals surface area contributed by atoms with E-state index in [1.54, 1.807) is 0 Å². The molecule has 0 aliphatic heterocycles. The van der Waals surface area contributed by atoms with E-state index in [0.717, 1.165) is 11.8 Å². The van der Waals surface area contributed by atoms with Gasteiger partial charge in [-0.25, -0.2) is 8.78 Å². The normalized spacial score (nSPS) is 12.9. The molecule has 0 amide bonds. The first kappa shape index (κ1) is 14.7. The first-order valence-electron chi connectivity index (χ1n) is 6.61.